The van der Waals surface area contributed by atoms with E-state index in [4.69, 9.17) is 11.6 Å². The van der Waals surface area contributed by atoms with Crippen LogP contribution in [0.15, 0.2) is 85.4 Å². The van der Waals surface area contributed by atoms with Crippen LogP contribution in [0.4, 0.5) is 17.1 Å². The van der Waals surface area contributed by atoms with Crippen molar-refractivity contribution in [3.05, 3.63) is 96.0 Å². The molecule has 0 aliphatic carbocycles. The van der Waals surface area contributed by atoms with Crippen molar-refractivity contribution in [1.82, 2.24) is 0 Å². The number of para-hydroxylation sites is 3. The lowest BCUT2D eigenvalue weighted by molar-refractivity contribution is -0.112. The molecule has 0 aromatic heterocycles. The SMILES string of the molecule is C=C1C(=O)N(c2ccccc2Cl)c2ccccc21.CNc1ccccc1. The van der Waals surface area contributed by atoms with Crippen molar-refractivity contribution in [1.29, 1.82) is 0 Å². The highest BCUT2D eigenvalue weighted by atomic mass is 35.5. The molecule has 1 aliphatic rings. The molecule has 0 spiro atoms. The predicted molar refractivity (Wildman–Crippen MR) is 110 cm³/mol. The van der Waals surface area contributed by atoms with Crippen LogP contribution in [0.3, 0.4) is 0 Å². The summed E-state index contributed by atoms with van der Waals surface area (Å²) in [4.78, 5) is 13.9. The molecule has 4 heteroatoms. The van der Waals surface area contributed by atoms with Crippen molar-refractivity contribution in [3.8, 4) is 0 Å². The number of fused-ring (bicyclic) bond motifs is 1. The normalized spacial score (nSPS) is 12.3. The molecular weight excluding hydrogens is 344 g/mol. The summed E-state index contributed by atoms with van der Waals surface area (Å²) < 4.78 is 0. The standard InChI is InChI=1S/C15H10ClNO.C7H9N/c1-10-11-6-2-4-8-13(11)17(15(10)18)14-9-5-3-7-12(14)16;1-8-7-5-3-2-4-6-7/h2-9H,1H2;2-6,8H,1H3. The zero-order chi connectivity index (χ0) is 18.5. The Morgan fingerprint density at radius 1 is 0.846 bits per heavy atom. The van der Waals surface area contributed by atoms with Gasteiger partial charge in [0.1, 0.15) is 0 Å². The van der Waals surface area contributed by atoms with Gasteiger partial charge in [0.05, 0.1) is 16.4 Å². The Hall–Kier alpha value is -3.04. The maximum atomic E-state index is 12.3. The Kier molecular flexibility index (Phi) is 5.40. The van der Waals surface area contributed by atoms with Crippen molar-refractivity contribution >= 4 is 40.1 Å². The molecule has 0 unspecified atom stereocenters. The van der Waals surface area contributed by atoms with Gasteiger partial charge in [-0.1, -0.05) is 66.7 Å². The number of hydrogen-bond acceptors (Lipinski definition) is 2. The first kappa shape index (κ1) is 17.8. The van der Waals surface area contributed by atoms with E-state index < -0.39 is 0 Å². The number of carbonyl (C=O) groups is 1. The number of hydrogen-bond donors (Lipinski definition) is 1. The van der Waals surface area contributed by atoms with E-state index in [1.54, 1.807) is 11.0 Å². The number of carbonyl (C=O) groups excluding carboxylic acids is 1. The minimum atomic E-state index is -0.121. The van der Waals surface area contributed by atoms with Gasteiger partial charge >= 0.3 is 0 Å². The van der Waals surface area contributed by atoms with Gasteiger partial charge in [-0.25, -0.2) is 0 Å². The molecule has 0 radical (unpaired) electrons. The van der Waals surface area contributed by atoms with Crippen molar-refractivity contribution in [3.63, 3.8) is 0 Å². The molecule has 4 rings (SSSR count). The summed E-state index contributed by atoms with van der Waals surface area (Å²) >= 11 is 6.16. The van der Waals surface area contributed by atoms with Gasteiger partial charge in [0.2, 0.25) is 0 Å². The lowest BCUT2D eigenvalue weighted by Crippen LogP contribution is -2.20. The summed E-state index contributed by atoms with van der Waals surface area (Å²) in [5.41, 5.74) is 4.05. The van der Waals surface area contributed by atoms with E-state index in [-0.39, 0.29) is 5.91 Å². The smallest absolute Gasteiger partial charge is 0.262 e. The van der Waals surface area contributed by atoms with Crippen LogP contribution in [0.2, 0.25) is 5.02 Å². The van der Waals surface area contributed by atoms with Crippen LogP contribution < -0.4 is 10.2 Å². The van der Waals surface area contributed by atoms with Gasteiger partial charge in [0.15, 0.2) is 0 Å². The van der Waals surface area contributed by atoms with Crippen LogP contribution in [0.1, 0.15) is 5.56 Å². The van der Waals surface area contributed by atoms with E-state index in [0.29, 0.717) is 16.3 Å². The molecule has 0 saturated carbocycles. The minimum absolute atomic E-state index is 0.121. The molecule has 0 fully saturated rings. The molecule has 3 aromatic rings. The molecule has 3 nitrogen and oxygen atoms in total. The first-order valence-corrected chi connectivity index (χ1v) is 8.61. The highest BCUT2D eigenvalue weighted by Gasteiger charge is 2.32. The number of nitrogens with zero attached hydrogens (tertiary/aromatic N) is 1. The number of halogens is 1. The lowest BCUT2D eigenvalue weighted by atomic mass is 10.1. The largest absolute Gasteiger partial charge is 0.388 e. The van der Waals surface area contributed by atoms with Crippen LogP contribution in [0.25, 0.3) is 5.57 Å². The van der Waals surface area contributed by atoms with Gasteiger partial charge in [0.25, 0.3) is 5.91 Å². The molecule has 1 aliphatic heterocycles. The van der Waals surface area contributed by atoms with E-state index >= 15 is 0 Å². The van der Waals surface area contributed by atoms with Crippen molar-refractivity contribution in [2.45, 2.75) is 0 Å². The van der Waals surface area contributed by atoms with Crippen LogP contribution in [-0.2, 0) is 4.79 Å². The third kappa shape index (κ3) is 3.48. The molecule has 1 amide bonds. The zero-order valence-corrected chi connectivity index (χ0v) is 15.2. The Morgan fingerprint density at radius 2 is 1.42 bits per heavy atom. The third-order valence-electron chi connectivity index (χ3n) is 4.09. The first-order chi connectivity index (χ1) is 12.6. The number of anilines is 3. The van der Waals surface area contributed by atoms with Crippen LogP contribution in [0.5, 0.6) is 0 Å². The van der Waals surface area contributed by atoms with Gasteiger partial charge in [-0.15, -0.1) is 0 Å². The number of benzene rings is 3. The van der Waals surface area contributed by atoms with Gasteiger partial charge in [-0.2, -0.15) is 0 Å². The van der Waals surface area contributed by atoms with Crippen LogP contribution in [-0.4, -0.2) is 13.0 Å². The first-order valence-electron chi connectivity index (χ1n) is 8.23. The molecule has 0 atom stereocenters. The summed E-state index contributed by atoms with van der Waals surface area (Å²) in [6.07, 6.45) is 0. The molecule has 1 heterocycles. The average Bonchev–Trinajstić information content (AvgIpc) is 2.94. The second kappa shape index (κ2) is 7.89. The highest BCUT2D eigenvalue weighted by molar-refractivity contribution is 6.39. The minimum Gasteiger partial charge on any atom is -0.388 e. The summed E-state index contributed by atoms with van der Waals surface area (Å²) in [7, 11) is 1.91. The quantitative estimate of drug-likeness (QED) is 0.588. The van der Waals surface area contributed by atoms with Gasteiger partial charge < -0.3 is 5.32 Å². The van der Waals surface area contributed by atoms with Crippen molar-refractivity contribution < 1.29 is 4.79 Å². The fraction of sp³-hybridized carbons (Fsp3) is 0.0455. The summed E-state index contributed by atoms with van der Waals surface area (Å²) in [5.74, 6) is -0.121. The Balaban J connectivity index is 0.000000206. The van der Waals surface area contributed by atoms with Gasteiger partial charge in [0, 0.05) is 23.9 Å². The van der Waals surface area contributed by atoms with E-state index in [2.05, 4.69) is 11.9 Å². The molecule has 3 aromatic carbocycles. The van der Waals surface area contributed by atoms with Crippen LogP contribution in [0, 0.1) is 0 Å². The Labute approximate surface area is 158 Å². The van der Waals surface area contributed by atoms with Gasteiger partial charge in [-0.3, -0.25) is 9.69 Å². The summed E-state index contributed by atoms with van der Waals surface area (Å²) in [6, 6.07) is 25.0. The predicted octanol–water partition coefficient (Wildman–Crippen LogP) is 5.76. The molecule has 1 N–H and O–H groups in total. The highest BCUT2D eigenvalue weighted by Crippen LogP contribution is 2.42. The van der Waals surface area contributed by atoms with Gasteiger partial charge in [-0.05, 0) is 30.3 Å². The monoisotopic (exact) mass is 362 g/mol. The maximum absolute atomic E-state index is 12.3. The number of rotatable bonds is 2. The maximum Gasteiger partial charge on any atom is 0.262 e. The summed E-state index contributed by atoms with van der Waals surface area (Å²) in [6.45, 7) is 3.85. The van der Waals surface area contributed by atoms with Crippen molar-refractivity contribution in [2.24, 2.45) is 0 Å². The zero-order valence-electron chi connectivity index (χ0n) is 14.4. The van der Waals surface area contributed by atoms with Crippen LogP contribution >= 0.6 is 11.6 Å². The van der Waals surface area contributed by atoms with Crippen molar-refractivity contribution in [2.75, 3.05) is 17.3 Å². The molecule has 130 valence electrons. The molecule has 0 bridgehead atoms. The Bertz CT molecular complexity index is 938. The second-order valence-corrected chi connectivity index (χ2v) is 6.11. The topological polar surface area (TPSA) is 32.3 Å². The molecule has 26 heavy (non-hydrogen) atoms. The van der Waals surface area contributed by atoms with E-state index in [9.17, 15) is 4.79 Å². The van der Waals surface area contributed by atoms with E-state index in [0.717, 1.165) is 16.9 Å². The number of nitrogens with one attached hydrogen (secondary N) is 1. The summed E-state index contributed by atoms with van der Waals surface area (Å²) in [5, 5.41) is 3.58. The van der Waals surface area contributed by atoms with E-state index in [1.807, 2.05) is 79.8 Å². The molecular formula is C22H19ClN2O. The third-order valence-corrected chi connectivity index (χ3v) is 4.41. The fourth-order valence-electron chi connectivity index (χ4n) is 2.76. The Morgan fingerprint density at radius 3 is 2.04 bits per heavy atom. The second-order valence-electron chi connectivity index (χ2n) is 5.70. The number of amides is 1. The fourth-order valence-corrected chi connectivity index (χ4v) is 2.98. The molecule has 0 saturated heterocycles. The lowest BCUT2D eigenvalue weighted by Gasteiger charge is -2.18. The van der Waals surface area contributed by atoms with E-state index in [1.165, 1.54) is 0 Å². The average molecular weight is 363 g/mol.